The summed E-state index contributed by atoms with van der Waals surface area (Å²) in [6.07, 6.45) is 5.22. The summed E-state index contributed by atoms with van der Waals surface area (Å²) in [6.45, 7) is 6.87. The van der Waals surface area contributed by atoms with Crippen molar-refractivity contribution in [2.45, 2.75) is 27.3 Å². The van der Waals surface area contributed by atoms with Crippen molar-refractivity contribution in [2.75, 3.05) is 64.5 Å². The minimum Gasteiger partial charge on any atom is -0.493 e. The zero-order chi connectivity index (χ0) is 65.1. The monoisotopic (exact) mass is 1260 g/mol. The molecule has 27 heteroatoms. The molecule has 2 aliphatic heterocycles. The first kappa shape index (κ1) is 62.1. The van der Waals surface area contributed by atoms with Crippen LogP contribution in [0.4, 0.5) is 28.9 Å². The number of amides is 2. The molecular weight excluding hydrogens is 1210 g/mol. The van der Waals surface area contributed by atoms with Crippen LogP contribution >= 0.6 is 0 Å². The molecule has 0 aliphatic carbocycles. The van der Waals surface area contributed by atoms with Gasteiger partial charge in [-0.15, -0.1) is 0 Å². The third-order valence-corrected chi connectivity index (χ3v) is 14.5. The van der Waals surface area contributed by atoms with Gasteiger partial charge in [-0.05, 0) is 105 Å². The Kier molecular flexibility index (Phi) is 17.8. The van der Waals surface area contributed by atoms with Gasteiger partial charge in [0.05, 0.1) is 46.9 Å². The molecule has 0 radical (unpaired) electrons. The van der Waals surface area contributed by atoms with Crippen molar-refractivity contribution < 1.29 is 69.8 Å². The van der Waals surface area contributed by atoms with E-state index in [1.807, 2.05) is 0 Å². The lowest BCUT2D eigenvalue weighted by atomic mass is 10.1. The lowest BCUT2D eigenvalue weighted by Gasteiger charge is -2.23. The van der Waals surface area contributed by atoms with Crippen molar-refractivity contribution in [3.63, 3.8) is 0 Å². The number of aryl methyl sites for hydroxylation is 4. The topological polar surface area (TPSA) is 255 Å². The Hall–Kier alpha value is -11.5. The molecule has 0 atom stereocenters. The van der Waals surface area contributed by atoms with Crippen LogP contribution in [0.25, 0.3) is 33.2 Å². The van der Waals surface area contributed by atoms with Gasteiger partial charge in [-0.2, -0.15) is 0 Å². The molecule has 23 nitrogen and oxygen atoms in total. The summed E-state index contributed by atoms with van der Waals surface area (Å²) < 4.78 is 113. The SMILES string of the molecule is CCn1cc(C(=O)Nc2cc(F)c(Oc3ccnc4cc(OC)c5c(c34)OCCO5)cc2C)c(=O)n(-c2ccc(F)cc2)c1=O.COCCOc1cc2nccc(Oc3cc(C)c(NC(=O)c4cn(C)c(=O)n(-c5ccc(F)cc5)c4=O)cc3F)c2c2c1OCCO2. The lowest BCUT2D eigenvalue weighted by molar-refractivity contribution is 0.101. The van der Waals surface area contributed by atoms with E-state index in [0.29, 0.717) is 87.3 Å². The van der Waals surface area contributed by atoms with Crippen LogP contribution < -0.4 is 71.0 Å². The average Bonchev–Trinajstić information content (AvgIpc) is 0.790. The Morgan fingerprint density at radius 3 is 1.46 bits per heavy atom. The number of nitrogens with zero attached hydrogens (tertiary/aromatic N) is 6. The van der Waals surface area contributed by atoms with Crippen molar-refractivity contribution >= 4 is 45.0 Å². The smallest absolute Gasteiger partial charge is 0.335 e. The maximum Gasteiger partial charge on any atom is 0.335 e. The number of benzene rings is 6. The van der Waals surface area contributed by atoms with Gasteiger partial charge in [-0.1, -0.05) is 0 Å². The third-order valence-electron chi connectivity index (χ3n) is 14.5. The predicted octanol–water partition coefficient (Wildman–Crippen LogP) is 9.49. The van der Waals surface area contributed by atoms with Crippen LogP contribution in [0.15, 0.2) is 141 Å². The summed E-state index contributed by atoms with van der Waals surface area (Å²) in [5.41, 5.74) is -1.96. The number of ether oxygens (including phenoxy) is 9. The summed E-state index contributed by atoms with van der Waals surface area (Å²) in [5, 5.41) is 6.01. The number of aromatic nitrogens is 6. The normalized spacial score (nSPS) is 12.2. The second-order valence-electron chi connectivity index (χ2n) is 20.5. The van der Waals surface area contributed by atoms with Crippen LogP contribution in [-0.2, 0) is 18.3 Å². The van der Waals surface area contributed by atoms with E-state index in [9.17, 15) is 37.5 Å². The second kappa shape index (κ2) is 26.3. The number of fused-ring (bicyclic) bond motifs is 6. The highest BCUT2D eigenvalue weighted by molar-refractivity contribution is 6.05. The van der Waals surface area contributed by atoms with Crippen LogP contribution in [0.1, 0.15) is 38.8 Å². The van der Waals surface area contributed by atoms with Crippen LogP contribution in [0.5, 0.6) is 57.5 Å². The Morgan fingerprint density at radius 2 is 0.989 bits per heavy atom. The molecular formula is C65H54F4N8O15. The van der Waals surface area contributed by atoms with Crippen LogP contribution in [0.3, 0.4) is 0 Å². The van der Waals surface area contributed by atoms with Gasteiger partial charge in [0.1, 0.15) is 67.3 Å². The molecule has 0 spiro atoms. The minimum atomic E-state index is -0.929. The number of pyridine rings is 2. The molecule has 6 aromatic carbocycles. The highest BCUT2D eigenvalue weighted by Crippen LogP contribution is 2.50. The quantitative estimate of drug-likeness (QED) is 0.0674. The maximum atomic E-state index is 15.5. The number of carbonyl (C=O) groups excluding carboxylic acids is 2. The van der Waals surface area contributed by atoms with E-state index in [1.54, 1.807) is 52.1 Å². The molecule has 2 aliphatic rings. The standard InChI is InChI=1S/C33H28F2N4O8.C32H26F2N4O7/c1-18-14-26(47-25-8-9-36-24-16-27(44-11-10-43-3)29-30(28(24)25)46-13-12-45-29)22(35)15-23(18)37-31(40)21-17-38(2)33(42)39(32(21)41)20-6-4-19(34)5-7-20;1-4-37-16-20(31(40)38(32(37)41)19-7-5-18(33)6-8-19)30(39)36-22-14-21(34)25(13-17(22)2)45-24-9-10-35-23-15-26(42-3)28-29(27(23)24)44-12-11-43-28/h4-9,14-17H,10-13H2,1-3H3,(H,37,40);5-10,13-16H,4,11-12H2,1-3H3,(H,36,39). The predicted molar refractivity (Wildman–Crippen MR) is 327 cm³/mol. The Morgan fingerprint density at radius 1 is 0.543 bits per heavy atom. The van der Waals surface area contributed by atoms with E-state index in [2.05, 4.69) is 20.6 Å². The molecule has 4 aromatic heterocycles. The summed E-state index contributed by atoms with van der Waals surface area (Å²) >= 11 is 0. The number of methoxy groups -OCH3 is 2. The van der Waals surface area contributed by atoms with Crippen molar-refractivity contribution in [1.29, 1.82) is 0 Å². The third kappa shape index (κ3) is 12.3. The molecule has 10 aromatic rings. The van der Waals surface area contributed by atoms with Gasteiger partial charge < -0.3 is 57.8 Å². The molecule has 0 saturated carbocycles. The Balaban J connectivity index is 0.000000189. The number of hydrogen-bond donors (Lipinski definition) is 2. The van der Waals surface area contributed by atoms with Gasteiger partial charge >= 0.3 is 11.4 Å². The van der Waals surface area contributed by atoms with Crippen molar-refractivity contribution in [1.82, 2.24) is 28.2 Å². The van der Waals surface area contributed by atoms with Crippen LogP contribution in [0, 0.1) is 37.1 Å². The minimum absolute atomic E-state index is 0.0629. The van der Waals surface area contributed by atoms with Crippen LogP contribution in [0.2, 0.25) is 0 Å². The van der Waals surface area contributed by atoms with Crippen molar-refractivity contribution in [3.8, 4) is 68.9 Å². The Labute approximate surface area is 518 Å². The van der Waals surface area contributed by atoms with E-state index in [-0.39, 0.29) is 77.7 Å². The van der Waals surface area contributed by atoms with Gasteiger partial charge in [-0.3, -0.25) is 33.7 Å². The largest absolute Gasteiger partial charge is 0.493 e. The molecule has 2 amide bonds. The van der Waals surface area contributed by atoms with Crippen LogP contribution in [-0.4, -0.2) is 93.9 Å². The second-order valence-corrected chi connectivity index (χ2v) is 20.5. The van der Waals surface area contributed by atoms with Gasteiger partial charge in [-0.25, -0.2) is 36.3 Å². The molecule has 0 bridgehead atoms. The number of anilines is 2. The zero-order valence-electron chi connectivity index (χ0n) is 49.8. The molecule has 472 valence electrons. The number of carbonyl (C=O) groups is 2. The first-order valence-corrected chi connectivity index (χ1v) is 28.2. The lowest BCUT2D eigenvalue weighted by Crippen LogP contribution is -2.42. The molecule has 2 N–H and O–H groups in total. The molecule has 0 saturated heterocycles. The van der Waals surface area contributed by atoms with Gasteiger partial charge in [0.25, 0.3) is 22.9 Å². The molecule has 12 rings (SSSR count). The molecule has 92 heavy (non-hydrogen) atoms. The van der Waals surface area contributed by atoms with Gasteiger partial charge in [0, 0.05) is 81.1 Å². The van der Waals surface area contributed by atoms with E-state index in [1.165, 1.54) is 67.5 Å². The highest BCUT2D eigenvalue weighted by Gasteiger charge is 2.29. The van der Waals surface area contributed by atoms with Gasteiger partial charge in [0.2, 0.25) is 11.5 Å². The first-order chi connectivity index (χ1) is 44.3. The summed E-state index contributed by atoms with van der Waals surface area (Å²) in [7, 11) is 4.43. The number of nitrogens with one attached hydrogen (secondary N) is 2. The fourth-order valence-corrected chi connectivity index (χ4v) is 10.0. The zero-order valence-corrected chi connectivity index (χ0v) is 49.8. The summed E-state index contributed by atoms with van der Waals surface area (Å²) in [4.78, 5) is 87.6. The first-order valence-electron chi connectivity index (χ1n) is 28.2. The van der Waals surface area contributed by atoms with E-state index in [4.69, 9.17) is 42.6 Å². The summed E-state index contributed by atoms with van der Waals surface area (Å²) in [6, 6.07) is 20.8. The maximum absolute atomic E-state index is 15.5. The highest BCUT2D eigenvalue weighted by atomic mass is 19.1. The van der Waals surface area contributed by atoms with E-state index < -0.39 is 63.1 Å². The van der Waals surface area contributed by atoms with Crippen molar-refractivity contribution in [2.24, 2.45) is 7.05 Å². The van der Waals surface area contributed by atoms with E-state index >= 15 is 8.78 Å². The number of rotatable bonds is 16. The van der Waals surface area contributed by atoms with Crippen molar-refractivity contribution in [3.05, 3.63) is 209 Å². The van der Waals surface area contributed by atoms with Gasteiger partial charge in [0.15, 0.2) is 46.1 Å². The fraction of sp³-hybridized carbons (Fsp3) is 0.200. The molecule has 0 unspecified atom stereocenters. The van der Waals surface area contributed by atoms with E-state index in [0.717, 1.165) is 62.5 Å². The average molecular weight is 1260 g/mol. The fourth-order valence-electron chi connectivity index (χ4n) is 10.0. The summed E-state index contributed by atoms with van der Waals surface area (Å²) in [5.74, 6) is -1.99. The molecule has 6 heterocycles. The number of hydrogen-bond acceptors (Lipinski definition) is 17. The number of halogens is 4. The molecule has 0 fully saturated rings. The Bertz CT molecular complexity index is 4830.